The number of carbonyl (C=O) groups is 1. The first-order valence-corrected chi connectivity index (χ1v) is 7.89. The van der Waals surface area contributed by atoms with Crippen molar-refractivity contribution in [3.05, 3.63) is 59.4 Å². The van der Waals surface area contributed by atoms with Crippen molar-refractivity contribution in [1.29, 1.82) is 0 Å². The Balaban J connectivity index is 1.81. The second kappa shape index (κ2) is 8.32. The lowest BCUT2D eigenvalue weighted by atomic mass is 10.1. The van der Waals surface area contributed by atoms with Gasteiger partial charge in [-0.2, -0.15) is 0 Å². The third-order valence-corrected chi connectivity index (χ3v) is 3.78. The number of esters is 1. The van der Waals surface area contributed by atoms with Crippen LogP contribution in [0.2, 0.25) is 0 Å². The summed E-state index contributed by atoms with van der Waals surface area (Å²) in [6.07, 6.45) is 4.14. The fourth-order valence-corrected chi connectivity index (χ4v) is 2.24. The molecule has 1 atom stereocenters. The van der Waals surface area contributed by atoms with Crippen LogP contribution in [-0.4, -0.2) is 17.6 Å². The van der Waals surface area contributed by atoms with Crippen LogP contribution in [-0.2, 0) is 9.53 Å². The van der Waals surface area contributed by atoms with E-state index in [1.165, 1.54) is 11.1 Å². The normalized spacial score (nSPS) is 11.8. The van der Waals surface area contributed by atoms with Gasteiger partial charge in [0, 0.05) is 12.4 Å². The molecule has 23 heavy (non-hydrogen) atoms. The highest BCUT2D eigenvalue weighted by atomic mass is 16.5. The van der Waals surface area contributed by atoms with E-state index in [0.717, 1.165) is 17.7 Å². The Morgan fingerprint density at radius 2 is 1.87 bits per heavy atom. The molecule has 0 amide bonds. The Labute approximate surface area is 137 Å². The first-order chi connectivity index (χ1) is 11.1. The summed E-state index contributed by atoms with van der Waals surface area (Å²) in [7, 11) is 0. The third kappa shape index (κ3) is 5.09. The summed E-state index contributed by atoms with van der Waals surface area (Å²) in [5, 5.41) is 0. The summed E-state index contributed by atoms with van der Waals surface area (Å²) in [6, 6.07) is 9.64. The molecule has 0 N–H and O–H groups in total. The highest BCUT2D eigenvalue weighted by molar-refractivity contribution is 5.69. The van der Waals surface area contributed by atoms with E-state index in [1.54, 1.807) is 12.4 Å². The largest absolute Gasteiger partial charge is 0.493 e. The van der Waals surface area contributed by atoms with Crippen LogP contribution in [0.25, 0.3) is 0 Å². The van der Waals surface area contributed by atoms with Gasteiger partial charge in [0.1, 0.15) is 11.9 Å². The van der Waals surface area contributed by atoms with E-state index < -0.39 is 0 Å². The average molecular weight is 313 g/mol. The summed E-state index contributed by atoms with van der Waals surface area (Å²) < 4.78 is 11.1. The van der Waals surface area contributed by atoms with Crippen molar-refractivity contribution < 1.29 is 14.3 Å². The molecule has 4 nitrogen and oxygen atoms in total. The van der Waals surface area contributed by atoms with Gasteiger partial charge >= 0.3 is 5.97 Å². The molecule has 0 radical (unpaired) electrons. The van der Waals surface area contributed by atoms with Crippen molar-refractivity contribution in [1.82, 2.24) is 4.98 Å². The maximum Gasteiger partial charge on any atom is 0.309 e. The SMILES string of the molecule is CCC(OC(=O)CCOc1ccc(C)c(C)c1)c1ccncc1. The molecule has 0 saturated carbocycles. The molecule has 1 unspecified atom stereocenters. The number of ether oxygens (including phenoxy) is 2. The number of hydrogen-bond donors (Lipinski definition) is 0. The summed E-state index contributed by atoms with van der Waals surface area (Å²) >= 11 is 0. The second-order valence-corrected chi connectivity index (χ2v) is 5.51. The molecule has 0 aliphatic heterocycles. The number of carbonyl (C=O) groups excluding carboxylic acids is 1. The molecule has 0 fully saturated rings. The summed E-state index contributed by atoms with van der Waals surface area (Å²) in [4.78, 5) is 16.0. The minimum Gasteiger partial charge on any atom is -0.493 e. The Hall–Kier alpha value is -2.36. The second-order valence-electron chi connectivity index (χ2n) is 5.51. The van der Waals surface area contributed by atoms with Crippen molar-refractivity contribution in [3.8, 4) is 5.75 Å². The number of aromatic nitrogens is 1. The van der Waals surface area contributed by atoms with Gasteiger partial charge < -0.3 is 9.47 Å². The number of benzene rings is 1. The standard InChI is InChI=1S/C19H23NO3/c1-4-18(16-7-10-20-11-8-16)23-19(21)9-12-22-17-6-5-14(2)15(3)13-17/h5-8,10-11,13,18H,4,9,12H2,1-3H3. The minimum absolute atomic E-state index is 0.230. The van der Waals surface area contributed by atoms with Crippen LogP contribution in [0, 0.1) is 13.8 Å². The van der Waals surface area contributed by atoms with E-state index in [0.29, 0.717) is 6.61 Å². The van der Waals surface area contributed by atoms with Gasteiger partial charge in [0.05, 0.1) is 13.0 Å². The lowest BCUT2D eigenvalue weighted by molar-refractivity contribution is -0.150. The van der Waals surface area contributed by atoms with E-state index in [2.05, 4.69) is 11.9 Å². The predicted molar refractivity (Wildman–Crippen MR) is 89.4 cm³/mol. The Bertz CT molecular complexity index is 640. The first-order valence-electron chi connectivity index (χ1n) is 7.89. The van der Waals surface area contributed by atoms with Gasteiger partial charge in [-0.15, -0.1) is 0 Å². The highest BCUT2D eigenvalue weighted by Gasteiger charge is 2.14. The molecular formula is C19H23NO3. The number of hydrogen-bond acceptors (Lipinski definition) is 4. The quantitative estimate of drug-likeness (QED) is 0.720. The van der Waals surface area contributed by atoms with Gasteiger partial charge in [0.25, 0.3) is 0 Å². The molecule has 1 aromatic heterocycles. The molecule has 1 aromatic carbocycles. The summed E-state index contributed by atoms with van der Waals surface area (Å²) in [5.41, 5.74) is 3.36. The Morgan fingerprint density at radius 3 is 2.52 bits per heavy atom. The van der Waals surface area contributed by atoms with Gasteiger partial charge in [-0.05, 0) is 61.2 Å². The van der Waals surface area contributed by atoms with Crippen LogP contribution in [0.5, 0.6) is 5.75 Å². The maximum absolute atomic E-state index is 12.0. The van der Waals surface area contributed by atoms with Crippen molar-refractivity contribution in [2.45, 2.75) is 39.7 Å². The van der Waals surface area contributed by atoms with Crippen molar-refractivity contribution >= 4 is 5.97 Å². The van der Waals surface area contributed by atoms with Crippen LogP contribution in [0.4, 0.5) is 0 Å². The molecule has 0 aliphatic carbocycles. The lowest BCUT2D eigenvalue weighted by Gasteiger charge is -2.16. The zero-order valence-corrected chi connectivity index (χ0v) is 13.9. The smallest absolute Gasteiger partial charge is 0.309 e. The van der Waals surface area contributed by atoms with Gasteiger partial charge in [0.15, 0.2) is 0 Å². The van der Waals surface area contributed by atoms with E-state index in [-0.39, 0.29) is 18.5 Å². The summed E-state index contributed by atoms with van der Waals surface area (Å²) in [5.74, 6) is 0.527. The monoisotopic (exact) mass is 313 g/mol. The fourth-order valence-electron chi connectivity index (χ4n) is 2.24. The molecule has 0 saturated heterocycles. The van der Waals surface area contributed by atoms with Crippen molar-refractivity contribution in [3.63, 3.8) is 0 Å². The van der Waals surface area contributed by atoms with Gasteiger partial charge in [-0.3, -0.25) is 9.78 Å². The first kappa shape index (κ1) is 17.0. The Morgan fingerprint density at radius 1 is 1.13 bits per heavy atom. The van der Waals surface area contributed by atoms with Gasteiger partial charge in [0.2, 0.25) is 0 Å². The number of nitrogens with zero attached hydrogens (tertiary/aromatic N) is 1. The zero-order chi connectivity index (χ0) is 16.7. The Kier molecular flexibility index (Phi) is 6.15. The molecule has 2 aromatic rings. The molecule has 0 bridgehead atoms. The molecule has 0 aliphatic rings. The average Bonchev–Trinajstić information content (AvgIpc) is 2.56. The topological polar surface area (TPSA) is 48.4 Å². The number of rotatable bonds is 7. The highest BCUT2D eigenvalue weighted by Crippen LogP contribution is 2.21. The van der Waals surface area contributed by atoms with Crippen LogP contribution in [0.15, 0.2) is 42.7 Å². The van der Waals surface area contributed by atoms with Crippen LogP contribution in [0.1, 0.15) is 42.6 Å². The predicted octanol–water partition coefficient (Wildman–Crippen LogP) is 4.16. The number of aryl methyl sites for hydroxylation is 2. The lowest BCUT2D eigenvalue weighted by Crippen LogP contribution is -2.14. The molecule has 0 spiro atoms. The van der Waals surface area contributed by atoms with Crippen LogP contribution >= 0.6 is 0 Å². The minimum atomic E-state index is -0.252. The van der Waals surface area contributed by atoms with E-state index in [9.17, 15) is 4.79 Å². The summed E-state index contributed by atoms with van der Waals surface area (Å²) in [6.45, 7) is 6.40. The van der Waals surface area contributed by atoms with E-state index in [4.69, 9.17) is 9.47 Å². The maximum atomic E-state index is 12.0. The number of pyridine rings is 1. The molecule has 122 valence electrons. The van der Waals surface area contributed by atoms with E-state index >= 15 is 0 Å². The molecular weight excluding hydrogens is 290 g/mol. The van der Waals surface area contributed by atoms with Crippen LogP contribution in [0.3, 0.4) is 0 Å². The third-order valence-electron chi connectivity index (χ3n) is 3.78. The fraction of sp³-hybridized carbons (Fsp3) is 0.368. The van der Waals surface area contributed by atoms with E-state index in [1.807, 2.05) is 44.2 Å². The van der Waals surface area contributed by atoms with Crippen LogP contribution < -0.4 is 4.74 Å². The zero-order valence-electron chi connectivity index (χ0n) is 13.9. The molecule has 4 heteroatoms. The van der Waals surface area contributed by atoms with Gasteiger partial charge in [-0.1, -0.05) is 13.0 Å². The van der Waals surface area contributed by atoms with Gasteiger partial charge in [-0.25, -0.2) is 0 Å². The van der Waals surface area contributed by atoms with Crippen molar-refractivity contribution in [2.75, 3.05) is 6.61 Å². The molecule has 1 heterocycles. The molecule has 2 rings (SSSR count). The van der Waals surface area contributed by atoms with Crippen molar-refractivity contribution in [2.24, 2.45) is 0 Å².